The molecular weight excluding hydrogens is 146 g/mol. The summed E-state index contributed by atoms with van der Waals surface area (Å²) < 4.78 is 0. The quantitative estimate of drug-likeness (QED) is 0.625. The molecule has 0 amide bonds. The third kappa shape index (κ3) is 1.19. The molecule has 0 spiro atoms. The summed E-state index contributed by atoms with van der Waals surface area (Å²) in [7, 11) is 0. The molecule has 1 aliphatic heterocycles. The Morgan fingerprint density at radius 3 is 2.08 bits per heavy atom. The molecule has 0 aliphatic carbocycles. The minimum Gasteiger partial charge on any atom is -0.297 e. The molecule has 1 fully saturated rings. The predicted molar refractivity (Wildman–Crippen MR) is 54.3 cm³/mol. The van der Waals surface area contributed by atoms with E-state index >= 15 is 0 Å². The Balaban J connectivity index is 2.65. The molecule has 1 heteroatoms. The summed E-state index contributed by atoms with van der Waals surface area (Å²) in [6.45, 7) is 11.9. The molecule has 1 atom stereocenters. The molecule has 0 aromatic carbocycles. The smallest absolute Gasteiger partial charge is 0.0244 e. The van der Waals surface area contributed by atoms with E-state index in [-0.39, 0.29) is 0 Å². The molecule has 0 bridgehead atoms. The molecule has 1 nitrogen and oxygen atoms in total. The topological polar surface area (TPSA) is 3.24 Å². The van der Waals surface area contributed by atoms with E-state index in [0.717, 1.165) is 5.92 Å². The summed E-state index contributed by atoms with van der Waals surface area (Å²) in [6, 6.07) is 0. The fraction of sp³-hybridized carbons (Fsp3) is 1.00. The lowest BCUT2D eigenvalue weighted by Crippen LogP contribution is -2.66. The Morgan fingerprint density at radius 1 is 1.17 bits per heavy atom. The van der Waals surface area contributed by atoms with Crippen molar-refractivity contribution in [2.75, 3.05) is 13.1 Å². The van der Waals surface area contributed by atoms with Crippen molar-refractivity contribution in [3.8, 4) is 0 Å². The minimum absolute atomic E-state index is 0.573. The average Bonchev–Trinajstić information content (AvgIpc) is 2.07. The second-order valence-electron chi connectivity index (χ2n) is 3.95. The van der Waals surface area contributed by atoms with Crippen LogP contribution < -0.4 is 0 Å². The van der Waals surface area contributed by atoms with Gasteiger partial charge < -0.3 is 0 Å². The Hall–Kier alpha value is -0.0400. The molecule has 0 radical (unpaired) electrons. The standard InChI is InChI=1S/C11H23N/c1-5-10-9-12(8-4)11(10,6-2)7-3/h10H,5-9H2,1-4H3. The first-order valence-electron chi connectivity index (χ1n) is 5.50. The maximum Gasteiger partial charge on any atom is 0.0244 e. The van der Waals surface area contributed by atoms with Gasteiger partial charge in [-0.2, -0.15) is 0 Å². The Kier molecular flexibility index (Phi) is 3.16. The van der Waals surface area contributed by atoms with E-state index in [1.165, 1.54) is 32.4 Å². The SMILES string of the molecule is CCC1CN(CC)C1(CC)CC. The van der Waals surface area contributed by atoms with E-state index in [1.807, 2.05) is 0 Å². The first kappa shape index (κ1) is 10.0. The highest BCUT2D eigenvalue weighted by Crippen LogP contribution is 2.43. The van der Waals surface area contributed by atoms with E-state index in [0.29, 0.717) is 5.54 Å². The second-order valence-corrected chi connectivity index (χ2v) is 3.95. The van der Waals surface area contributed by atoms with Crippen molar-refractivity contribution in [3.05, 3.63) is 0 Å². The molecule has 0 aromatic rings. The molecule has 0 N–H and O–H groups in total. The van der Waals surface area contributed by atoms with Crippen LogP contribution in [0.25, 0.3) is 0 Å². The lowest BCUT2D eigenvalue weighted by Gasteiger charge is -2.59. The van der Waals surface area contributed by atoms with Gasteiger partial charge in [-0.25, -0.2) is 0 Å². The van der Waals surface area contributed by atoms with Crippen LogP contribution in [0.4, 0.5) is 0 Å². The zero-order chi connectivity index (χ0) is 9.19. The van der Waals surface area contributed by atoms with Crippen LogP contribution in [0.2, 0.25) is 0 Å². The third-order valence-corrected chi connectivity index (χ3v) is 3.93. The lowest BCUT2D eigenvalue weighted by atomic mass is 9.69. The molecule has 1 heterocycles. The van der Waals surface area contributed by atoms with Gasteiger partial charge in [-0.3, -0.25) is 4.90 Å². The number of hydrogen-bond donors (Lipinski definition) is 0. The van der Waals surface area contributed by atoms with Gasteiger partial charge in [-0.1, -0.05) is 34.1 Å². The van der Waals surface area contributed by atoms with Crippen molar-refractivity contribution in [2.45, 2.75) is 52.5 Å². The van der Waals surface area contributed by atoms with Crippen molar-refractivity contribution in [1.29, 1.82) is 0 Å². The van der Waals surface area contributed by atoms with Crippen molar-refractivity contribution >= 4 is 0 Å². The normalized spacial score (nSPS) is 28.5. The first-order valence-corrected chi connectivity index (χ1v) is 5.50. The molecule has 0 aromatic heterocycles. The highest BCUT2D eigenvalue weighted by atomic mass is 15.3. The highest BCUT2D eigenvalue weighted by Gasteiger charge is 2.48. The van der Waals surface area contributed by atoms with E-state index in [1.54, 1.807) is 0 Å². The van der Waals surface area contributed by atoms with Crippen LogP contribution in [0.5, 0.6) is 0 Å². The van der Waals surface area contributed by atoms with Crippen LogP contribution in [0.3, 0.4) is 0 Å². The number of likely N-dealkylation sites (tertiary alicyclic amines) is 1. The third-order valence-electron chi connectivity index (χ3n) is 3.93. The maximum absolute atomic E-state index is 2.65. The van der Waals surface area contributed by atoms with Gasteiger partial charge in [0.1, 0.15) is 0 Å². The van der Waals surface area contributed by atoms with Crippen LogP contribution >= 0.6 is 0 Å². The Morgan fingerprint density at radius 2 is 1.75 bits per heavy atom. The van der Waals surface area contributed by atoms with Gasteiger partial charge in [0.25, 0.3) is 0 Å². The zero-order valence-corrected chi connectivity index (χ0v) is 9.06. The van der Waals surface area contributed by atoms with E-state index in [2.05, 4.69) is 32.6 Å². The van der Waals surface area contributed by atoms with Gasteiger partial charge >= 0.3 is 0 Å². The van der Waals surface area contributed by atoms with E-state index in [9.17, 15) is 0 Å². The molecule has 1 unspecified atom stereocenters. The van der Waals surface area contributed by atoms with Crippen LogP contribution in [0.15, 0.2) is 0 Å². The van der Waals surface area contributed by atoms with Crippen molar-refractivity contribution in [2.24, 2.45) is 5.92 Å². The number of nitrogens with zero attached hydrogens (tertiary/aromatic N) is 1. The molecular formula is C11H23N. The van der Waals surface area contributed by atoms with Gasteiger partial charge in [0.05, 0.1) is 0 Å². The van der Waals surface area contributed by atoms with Crippen LogP contribution in [0.1, 0.15) is 47.0 Å². The van der Waals surface area contributed by atoms with E-state index < -0.39 is 0 Å². The second kappa shape index (κ2) is 3.78. The molecule has 72 valence electrons. The highest BCUT2D eigenvalue weighted by molar-refractivity contribution is 5.03. The molecule has 1 aliphatic rings. The van der Waals surface area contributed by atoms with Gasteiger partial charge in [-0.15, -0.1) is 0 Å². The average molecular weight is 169 g/mol. The maximum atomic E-state index is 2.65. The number of hydrogen-bond acceptors (Lipinski definition) is 1. The van der Waals surface area contributed by atoms with Crippen LogP contribution in [-0.2, 0) is 0 Å². The molecule has 0 saturated carbocycles. The summed E-state index contributed by atoms with van der Waals surface area (Å²) >= 11 is 0. The summed E-state index contributed by atoms with van der Waals surface area (Å²) in [5, 5.41) is 0. The van der Waals surface area contributed by atoms with Gasteiger partial charge in [-0.05, 0) is 25.3 Å². The lowest BCUT2D eigenvalue weighted by molar-refractivity contribution is -0.0857. The molecule has 12 heavy (non-hydrogen) atoms. The van der Waals surface area contributed by atoms with Crippen molar-refractivity contribution < 1.29 is 0 Å². The fourth-order valence-corrected chi connectivity index (χ4v) is 2.99. The van der Waals surface area contributed by atoms with Gasteiger partial charge in [0.15, 0.2) is 0 Å². The van der Waals surface area contributed by atoms with Crippen molar-refractivity contribution in [1.82, 2.24) is 4.90 Å². The summed E-state index contributed by atoms with van der Waals surface area (Å²) in [5.74, 6) is 0.965. The summed E-state index contributed by atoms with van der Waals surface area (Å²) in [5.41, 5.74) is 0.573. The van der Waals surface area contributed by atoms with Crippen LogP contribution in [0, 0.1) is 5.92 Å². The minimum atomic E-state index is 0.573. The van der Waals surface area contributed by atoms with Gasteiger partial charge in [0, 0.05) is 12.1 Å². The first-order chi connectivity index (χ1) is 5.75. The van der Waals surface area contributed by atoms with Crippen LogP contribution in [-0.4, -0.2) is 23.5 Å². The largest absolute Gasteiger partial charge is 0.297 e. The molecule has 1 saturated heterocycles. The Labute approximate surface area is 77.1 Å². The van der Waals surface area contributed by atoms with E-state index in [4.69, 9.17) is 0 Å². The fourth-order valence-electron chi connectivity index (χ4n) is 2.99. The summed E-state index contributed by atoms with van der Waals surface area (Å²) in [6.07, 6.45) is 4.02. The Bertz CT molecular complexity index is 126. The predicted octanol–water partition coefficient (Wildman–Crippen LogP) is 2.91. The summed E-state index contributed by atoms with van der Waals surface area (Å²) in [4.78, 5) is 2.65. The van der Waals surface area contributed by atoms with Gasteiger partial charge in [0.2, 0.25) is 0 Å². The zero-order valence-electron chi connectivity index (χ0n) is 9.06. The number of rotatable bonds is 4. The van der Waals surface area contributed by atoms with Crippen molar-refractivity contribution in [3.63, 3.8) is 0 Å². The monoisotopic (exact) mass is 169 g/mol. The molecule has 1 rings (SSSR count).